The first-order chi connectivity index (χ1) is 12.1. The molecular formula is C18H28IN5O2. The summed E-state index contributed by atoms with van der Waals surface area (Å²) in [5, 5.41) is 8.63. The Labute approximate surface area is 172 Å². The smallest absolute Gasteiger partial charge is 0.243 e. The number of halogens is 1. The Morgan fingerprint density at radius 3 is 2.38 bits per heavy atom. The van der Waals surface area contributed by atoms with Gasteiger partial charge in [-0.3, -0.25) is 14.6 Å². The number of benzene rings is 1. The molecule has 2 amide bonds. The second-order valence-corrected chi connectivity index (χ2v) is 6.12. The van der Waals surface area contributed by atoms with Crippen molar-refractivity contribution in [2.45, 2.75) is 19.3 Å². The normalized spacial score (nSPS) is 15.0. The Morgan fingerprint density at radius 2 is 1.81 bits per heavy atom. The molecule has 8 heteroatoms. The molecule has 1 aromatic rings. The van der Waals surface area contributed by atoms with Crippen LogP contribution in [0.25, 0.3) is 0 Å². The van der Waals surface area contributed by atoms with Gasteiger partial charge in [-0.25, -0.2) is 0 Å². The second-order valence-electron chi connectivity index (χ2n) is 6.12. The number of piperidine rings is 1. The number of likely N-dealkylation sites (tertiary alicyclic amines) is 1. The number of guanidine groups is 1. The maximum Gasteiger partial charge on any atom is 0.243 e. The fourth-order valence-electron chi connectivity index (χ4n) is 2.93. The van der Waals surface area contributed by atoms with Gasteiger partial charge in [0.25, 0.3) is 0 Å². The summed E-state index contributed by atoms with van der Waals surface area (Å²) in [5.74, 6) is 1.12. The van der Waals surface area contributed by atoms with E-state index in [4.69, 9.17) is 0 Å². The van der Waals surface area contributed by atoms with Gasteiger partial charge in [0.05, 0.1) is 6.54 Å². The fourth-order valence-corrected chi connectivity index (χ4v) is 2.93. The van der Waals surface area contributed by atoms with Crippen LogP contribution in [0.1, 0.15) is 19.3 Å². The molecule has 2 rings (SSSR count). The number of anilines is 1. The van der Waals surface area contributed by atoms with Crippen molar-refractivity contribution in [3.63, 3.8) is 0 Å². The topological polar surface area (TPSA) is 85.8 Å². The third-order valence-electron chi connectivity index (χ3n) is 4.34. The van der Waals surface area contributed by atoms with Crippen molar-refractivity contribution >= 4 is 47.4 Å². The standard InChI is InChI=1S/C18H27N5O2.HI/c1-19-16(24)12-14-8-10-23(11-9-14)18(20-2)21-13-17(25)22-15-6-4-3-5-7-15;/h3-7,14H,8-13H2,1-2H3,(H,19,24)(H,20,21)(H,22,25);1H. The first-order valence-corrected chi connectivity index (χ1v) is 8.63. The summed E-state index contributed by atoms with van der Waals surface area (Å²) in [4.78, 5) is 29.9. The minimum atomic E-state index is -0.109. The van der Waals surface area contributed by atoms with Crippen molar-refractivity contribution in [3.05, 3.63) is 30.3 Å². The number of carbonyl (C=O) groups excluding carboxylic acids is 2. The third kappa shape index (κ3) is 7.19. The van der Waals surface area contributed by atoms with Gasteiger partial charge in [-0.2, -0.15) is 0 Å². The molecule has 1 aliphatic heterocycles. The molecule has 0 aliphatic carbocycles. The van der Waals surface area contributed by atoms with Crippen LogP contribution in [0.15, 0.2) is 35.3 Å². The van der Waals surface area contributed by atoms with E-state index in [-0.39, 0.29) is 42.3 Å². The van der Waals surface area contributed by atoms with E-state index < -0.39 is 0 Å². The molecule has 0 radical (unpaired) electrons. The maximum atomic E-state index is 12.0. The Hall–Kier alpha value is -1.84. The molecular weight excluding hydrogens is 445 g/mol. The molecule has 0 atom stereocenters. The minimum Gasteiger partial charge on any atom is -0.359 e. The third-order valence-corrected chi connectivity index (χ3v) is 4.34. The molecule has 1 heterocycles. The second kappa shape index (κ2) is 11.7. The number of carbonyl (C=O) groups is 2. The van der Waals surface area contributed by atoms with E-state index >= 15 is 0 Å². The van der Waals surface area contributed by atoms with Gasteiger partial charge in [0, 0.05) is 39.3 Å². The van der Waals surface area contributed by atoms with Crippen molar-refractivity contribution in [1.29, 1.82) is 0 Å². The zero-order valence-corrected chi connectivity index (χ0v) is 17.7. The molecule has 26 heavy (non-hydrogen) atoms. The molecule has 0 aromatic heterocycles. The number of hydrogen-bond acceptors (Lipinski definition) is 3. The molecule has 3 N–H and O–H groups in total. The molecule has 0 unspecified atom stereocenters. The Kier molecular flexibility index (Phi) is 10.0. The summed E-state index contributed by atoms with van der Waals surface area (Å²) in [6.45, 7) is 1.84. The summed E-state index contributed by atoms with van der Waals surface area (Å²) < 4.78 is 0. The molecule has 1 saturated heterocycles. The van der Waals surface area contributed by atoms with Crippen LogP contribution in [0.2, 0.25) is 0 Å². The van der Waals surface area contributed by atoms with Gasteiger partial charge in [-0.05, 0) is 30.9 Å². The highest BCUT2D eigenvalue weighted by molar-refractivity contribution is 14.0. The Balaban J connectivity index is 0.00000338. The van der Waals surface area contributed by atoms with Crippen LogP contribution >= 0.6 is 24.0 Å². The van der Waals surface area contributed by atoms with Gasteiger partial charge in [-0.15, -0.1) is 24.0 Å². The molecule has 144 valence electrons. The summed E-state index contributed by atoms with van der Waals surface area (Å²) in [6, 6.07) is 9.37. The van der Waals surface area contributed by atoms with Gasteiger partial charge in [0.2, 0.25) is 11.8 Å². The van der Waals surface area contributed by atoms with Crippen molar-refractivity contribution in [3.8, 4) is 0 Å². The van der Waals surface area contributed by atoms with Crippen LogP contribution in [0.3, 0.4) is 0 Å². The lowest BCUT2D eigenvalue weighted by Gasteiger charge is -2.33. The summed E-state index contributed by atoms with van der Waals surface area (Å²) in [5.41, 5.74) is 0.777. The molecule has 0 spiro atoms. The summed E-state index contributed by atoms with van der Waals surface area (Å²) in [7, 11) is 3.39. The van der Waals surface area contributed by atoms with Crippen molar-refractivity contribution in [2.24, 2.45) is 10.9 Å². The van der Waals surface area contributed by atoms with Gasteiger partial charge >= 0.3 is 0 Å². The highest BCUT2D eigenvalue weighted by Crippen LogP contribution is 2.20. The average molecular weight is 473 g/mol. The van der Waals surface area contributed by atoms with Crippen LogP contribution in [-0.4, -0.2) is 56.4 Å². The number of rotatable bonds is 5. The fraction of sp³-hybridized carbons (Fsp3) is 0.500. The van der Waals surface area contributed by atoms with Crippen LogP contribution in [0, 0.1) is 5.92 Å². The van der Waals surface area contributed by atoms with Crippen molar-refractivity contribution in [1.82, 2.24) is 15.5 Å². The van der Waals surface area contributed by atoms with Crippen LogP contribution < -0.4 is 16.0 Å². The predicted molar refractivity (Wildman–Crippen MR) is 115 cm³/mol. The molecule has 1 fully saturated rings. The van der Waals surface area contributed by atoms with E-state index in [1.165, 1.54) is 0 Å². The first kappa shape index (κ1) is 22.2. The first-order valence-electron chi connectivity index (χ1n) is 8.63. The number of amides is 2. The monoisotopic (exact) mass is 473 g/mol. The predicted octanol–water partition coefficient (Wildman–Crippen LogP) is 1.67. The van der Waals surface area contributed by atoms with E-state index in [9.17, 15) is 9.59 Å². The Morgan fingerprint density at radius 1 is 1.15 bits per heavy atom. The Bertz CT molecular complexity index is 601. The molecule has 0 saturated carbocycles. The van der Waals surface area contributed by atoms with Crippen LogP contribution in [-0.2, 0) is 9.59 Å². The van der Waals surface area contributed by atoms with E-state index in [0.29, 0.717) is 12.3 Å². The van der Waals surface area contributed by atoms with Crippen molar-refractivity contribution in [2.75, 3.05) is 39.0 Å². The van der Waals surface area contributed by atoms with Crippen LogP contribution in [0.5, 0.6) is 0 Å². The zero-order valence-electron chi connectivity index (χ0n) is 15.3. The van der Waals surface area contributed by atoms with Gasteiger partial charge in [0.1, 0.15) is 0 Å². The van der Waals surface area contributed by atoms with Gasteiger partial charge in [0.15, 0.2) is 5.96 Å². The van der Waals surface area contributed by atoms with E-state index in [2.05, 4.69) is 25.8 Å². The zero-order chi connectivity index (χ0) is 18.1. The van der Waals surface area contributed by atoms with Gasteiger partial charge < -0.3 is 20.9 Å². The van der Waals surface area contributed by atoms with E-state index in [1.807, 2.05) is 30.3 Å². The van der Waals surface area contributed by atoms with Crippen molar-refractivity contribution < 1.29 is 9.59 Å². The summed E-state index contributed by atoms with van der Waals surface area (Å²) in [6.07, 6.45) is 2.48. The van der Waals surface area contributed by atoms with Gasteiger partial charge in [-0.1, -0.05) is 18.2 Å². The molecule has 1 aromatic carbocycles. The lowest BCUT2D eigenvalue weighted by Crippen LogP contribution is -2.47. The molecule has 1 aliphatic rings. The number of nitrogens with zero attached hydrogens (tertiary/aromatic N) is 2. The molecule has 0 bridgehead atoms. The highest BCUT2D eigenvalue weighted by atomic mass is 127. The lowest BCUT2D eigenvalue weighted by atomic mass is 9.93. The number of para-hydroxylation sites is 1. The number of aliphatic imine (C=N–C) groups is 1. The minimum absolute atomic E-state index is 0. The van der Waals surface area contributed by atoms with Crippen LogP contribution in [0.4, 0.5) is 5.69 Å². The largest absolute Gasteiger partial charge is 0.359 e. The number of nitrogens with one attached hydrogen (secondary N) is 3. The highest BCUT2D eigenvalue weighted by Gasteiger charge is 2.23. The number of hydrogen-bond donors (Lipinski definition) is 3. The lowest BCUT2D eigenvalue weighted by molar-refractivity contribution is -0.121. The van der Waals surface area contributed by atoms with E-state index in [0.717, 1.165) is 37.6 Å². The SMILES string of the molecule is CN=C(NCC(=O)Nc1ccccc1)N1CCC(CC(=O)NC)CC1.I. The average Bonchev–Trinajstić information content (AvgIpc) is 2.64. The quantitative estimate of drug-likeness (QED) is 0.345. The summed E-state index contributed by atoms with van der Waals surface area (Å²) >= 11 is 0. The molecule has 7 nitrogen and oxygen atoms in total. The maximum absolute atomic E-state index is 12.0. The van der Waals surface area contributed by atoms with E-state index in [1.54, 1.807) is 14.1 Å².